The molecule has 0 bridgehead atoms. The van der Waals surface area contributed by atoms with Gasteiger partial charge in [0, 0.05) is 17.8 Å². The molecule has 0 aromatic carbocycles. The summed E-state index contributed by atoms with van der Waals surface area (Å²) in [4.78, 5) is 21.0. The first-order valence-electron chi connectivity index (χ1n) is 9.47. The van der Waals surface area contributed by atoms with Crippen LogP contribution < -0.4 is 0 Å². The van der Waals surface area contributed by atoms with E-state index < -0.39 is 18.1 Å². The molecule has 0 aliphatic carbocycles. The molecule has 0 aromatic rings. The average Bonchev–Trinajstić information content (AvgIpc) is 2.58. The Morgan fingerprint density at radius 3 is 2.23 bits per heavy atom. The van der Waals surface area contributed by atoms with Crippen LogP contribution in [0.1, 0.15) is 71.1 Å². The number of hydrogen-bond acceptors (Lipinski definition) is 4. The summed E-state index contributed by atoms with van der Waals surface area (Å²) in [5.74, 6) is -0.763. The second-order valence-electron chi connectivity index (χ2n) is 6.32. The van der Waals surface area contributed by atoms with Gasteiger partial charge in [-0.2, -0.15) is 0 Å². The van der Waals surface area contributed by atoms with E-state index >= 15 is 0 Å². The van der Waals surface area contributed by atoms with Crippen LogP contribution in [0, 0.1) is 10.1 Å². The molecule has 2 unspecified atom stereocenters. The molecule has 0 rings (SSSR count). The van der Waals surface area contributed by atoms with Gasteiger partial charge in [0.2, 0.25) is 6.04 Å². The molecule has 0 saturated carbocycles. The lowest BCUT2D eigenvalue weighted by Gasteiger charge is -2.14. The van der Waals surface area contributed by atoms with Crippen LogP contribution in [0.4, 0.5) is 0 Å². The van der Waals surface area contributed by atoms with Crippen LogP contribution in [0.2, 0.25) is 0 Å². The number of nitro groups is 1. The maximum atomic E-state index is 11.0. The zero-order chi connectivity index (χ0) is 19.6. The van der Waals surface area contributed by atoms with Crippen molar-refractivity contribution in [3.63, 3.8) is 0 Å². The van der Waals surface area contributed by atoms with Crippen LogP contribution >= 0.6 is 0 Å². The number of carboxylic acid groups (broad SMARTS) is 1. The van der Waals surface area contributed by atoms with E-state index in [-0.39, 0.29) is 11.3 Å². The standard InChI is InChI=1S/C20H33NO5/c1-2-3-12-15-18(21(25)26)19(22)16-13-10-8-6-4-5-7-9-11-14-17-20(23)24/h4,6-7,9-10,13,18-19,22H,2-3,5,8,11-12,14-17H2,1H3,(H,23,24)/b6-4-,9-7-,13-10-. The van der Waals surface area contributed by atoms with Crippen molar-refractivity contribution in [2.45, 2.75) is 83.3 Å². The van der Waals surface area contributed by atoms with Gasteiger partial charge in [0.15, 0.2) is 0 Å². The molecule has 0 fully saturated rings. The molecule has 0 radical (unpaired) electrons. The number of hydrogen-bond donors (Lipinski definition) is 2. The number of aliphatic hydroxyl groups is 1. The summed E-state index contributed by atoms with van der Waals surface area (Å²) < 4.78 is 0. The number of carboxylic acids is 1. The second-order valence-corrected chi connectivity index (χ2v) is 6.32. The third-order valence-electron chi connectivity index (χ3n) is 4.00. The Balaban J connectivity index is 3.90. The van der Waals surface area contributed by atoms with Crippen molar-refractivity contribution in [3.05, 3.63) is 46.6 Å². The van der Waals surface area contributed by atoms with E-state index in [0.29, 0.717) is 19.3 Å². The molecule has 148 valence electrons. The number of unbranched alkanes of at least 4 members (excludes halogenated alkanes) is 3. The molecular weight excluding hydrogens is 334 g/mol. The predicted octanol–water partition coefficient (Wildman–Crippen LogP) is 4.67. The number of aliphatic hydroxyl groups excluding tert-OH is 1. The van der Waals surface area contributed by atoms with Gasteiger partial charge in [0.05, 0.1) is 0 Å². The second kappa shape index (κ2) is 16.5. The Morgan fingerprint density at radius 2 is 1.65 bits per heavy atom. The van der Waals surface area contributed by atoms with Gasteiger partial charge in [0.25, 0.3) is 0 Å². The van der Waals surface area contributed by atoms with E-state index in [9.17, 15) is 20.0 Å². The van der Waals surface area contributed by atoms with Crippen molar-refractivity contribution in [1.82, 2.24) is 0 Å². The fourth-order valence-electron chi connectivity index (χ4n) is 2.47. The monoisotopic (exact) mass is 367 g/mol. The van der Waals surface area contributed by atoms with Crippen LogP contribution in [0.5, 0.6) is 0 Å². The lowest BCUT2D eigenvalue weighted by Crippen LogP contribution is -2.33. The molecule has 0 aliphatic rings. The van der Waals surface area contributed by atoms with E-state index in [1.165, 1.54) is 0 Å². The molecule has 6 nitrogen and oxygen atoms in total. The van der Waals surface area contributed by atoms with E-state index in [1.807, 2.05) is 37.3 Å². The predicted molar refractivity (Wildman–Crippen MR) is 104 cm³/mol. The van der Waals surface area contributed by atoms with Crippen molar-refractivity contribution in [2.24, 2.45) is 0 Å². The summed E-state index contributed by atoms with van der Waals surface area (Å²) in [7, 11) is 0. The minimum Gasteiger partial charge on any atom is -0.481 e. The molecule has 0 saturated heterocycles. The summed E-state index contributed by atoms with van der Waals surface area (Å²) in [6, 6.07) is -0.881. The van der Waals surface area contributed by atoms with Gasteiger partial charge in [-0.1, -0.05) is 56.2 Å². The smallest absolute Gasteiger partial charge is 0.303 e. The topological polar surface area (TPSA) is 101 Å². The Labute approximate surface area is 156 Å². The van der Waals surface area contributed by atoms with Gasteiger partial charge in [-0.15, -0.1) is 0 Å². The minimum absolute atomic E-state index is 0.201. The first-order chi connectivity index (χ1) is 12.5. The summed E-state index contributed by atoms with van der Waals surface area (Å²) >= 11 is 0. The van der Waals surface area contributed by atoms with Gasteiger partial charge in [-0.25, -0.2) is 0 Å². The number of nitrogens with zero attached hydrogens (tertiary/aromatic N) is 1. The number of allylic oxidation sites excluding steroid dienone is 5. The fraction of sp³-hybridized carbons (Fsp3) is 0.650. The molecule has 6 heteroatoms. The first kappa shape index (κ1) is 24.1. The minimum atomic E-state index is -0.934. The molecule has 0 amide bonds. The molecule has 0 aromatic heterocycles. The van der Waals surface area contributed by atoms with Gasteiger partial charge in [-0.05, 0) is 38.5 Å². The van der Waals surface area contributed by atoms with E-state index in [1.54, 1.807) is 6.08 Å². The number of rotatable bonds is 16. The summed E-state index contributed by atoms with van der Waals surface area (Å²) in [6.45, 7) is 2.04. The molecule has 0 spiro atoms. The highest BCUT2D eigenvalue weighted by Gasteiger charge is 2.27. The van der Waals surface area contributed by atoms with E-state index in [0.717, 1.165) is 38.5 Å². The summed E-state index contributed by atoms with van der Waals surface area (Å²) in [5.41, 5.74) is 0. The van der Waals surface area contributed by atoms with Crippen molar-refractivity contribution in [1.29, 1.82) is 0 Å². The lowest BCUT2D eigenvalue weighted by molar-refractivity contribution is -0.535. The number of carbonyl (C=O) groups is 1. The van der Waals surface area contributed by atoms with Crippen LogP contribution in [0.25, 0.3) is 0 Å². The highest BCUT2D eigenvalue weighted by Crippen LogP contribution is 2.13. The first-order valence-corrected chi connectivity index (χ1v) is 9.47. The van der Waals surface area contributed by atoms with Crippen molar-refractivity contribution >= 4 is 5.97 Å². The normalized spacial score (nSPS) is 14.4. The maximum absolute atomic E-state index is 11.0. The molecule has 26 heavy (non-hydrogen) atoms. The largest absolute Gasteiger partial charge is 0.481 e. The third-order valence-corrected chi connectivity index (χ3v) is 4.00. The maximum Gasteiger partial charge on any atom is 0.303 e. The number of aliphatic carboxylic acids is 1. The van der Waals surface area contributed by atoms with Crippen molar-refractivity contribution in [2.75, 3.05) is 0 Å². The molecule has 2 N–H and O–H groups in total. The SMILES string of the molecule is CCCCCC(C(O)C/C=C\C/C=C\C/C=C\CCCC(=O)O)[N+](=O)[O-]. The Bertz CT molecular complexity index is 471. The third kappa shape index (κ3) is 14.4. The summed E-state index contributed by atoms with van der Waals surface area (Å²) in [6.07, 6.45) is 17.4. The highest BCUT2D eigenvalue weighted by atomic mass is 16.6. The molecule has 0 aliphatic heterocycles. The Morgan fingerprint density at radius 1 is 1.04 bits per heavy atom. The Hall–Kier alpha value is -1.95. The molecule has 0 heterocycles. The average molecular weight is 367 g/mol. The van der Waals surface area contributed by atoms with Crippen LogP contribution in [0.15, 0.2) is 36.5 Å². The van der Waals surface area contributed by atoms with E-state index in [2.05, 4.69) is 0 Å². The van der Waals surface area contributed by atoms with Crippen molar-refractivity contribution < 1.29 is 19.9 Å². The van der Waals surface area contributed by atoms with Gasteiger partial charge in [-0.3, -0.25) is 14.9 Å². The van der Waals surface area contributed by atoms with Crippen molar-refractivity contribution in [3.8, 4) is 0 Å². The zero-order valence-electron chi connectivity index (χ0n) is 15.8. The lowest BCUT2D eigenvalue weighted by atomic mass is 10.0. The van der Waals surface area contributed by atoms with E-state index in [4.69, 9.17) is 5.11 Å². The molecule has 2 atom stereocenters. The van der Waals surface area contributed by atoms with Crippen LogP contribution in [-0.2, 0) is 4.79 Å². The van der Waals surface area contributed by atoms with Gasteiger partial charge < -0.3 is 10.2 Å². The fourth-order valence-corrected chi connectivity index (χ4v) is 2.47. The zero-order valence-corrected chi connectivity index (χ0v) is 15.8. The Kier molecular flexibility index (Phi) is 15.3. The summed E-state index contributed by atoms with van der Waals surface area (Å²) in [5, 5.41) is 29.6. The van der Waals surface area contributed by atoms with Gasteiger partial charge >= 0.3 is 5.97 Å². The van der Waals surface area contributed by atoms with Crippen LogP contribution in [0.3, 0.4) is 0 Å². The highest BCUT2D eigenvalue weighted by molar-refractivity contribution is 5.66. The van der Waals surface area contributed by atoms with Crippen LogP contribution in [-0.4, -0.2) is 33.3 Å². The molecular formula is C20H33NO5. The quantitative estimate of drug-likeness (QED) is 0.179. The van der Waals surface area contributed by atoms with Gasteiger partial charge in [0.1, 0.15) is 6.10 Å².